The minimum absolute atomic E-state index is 0.0639. The highest BCUT2D eigenvalue weighted by Gasteiger charge is 2.23. The van der Waals surface area contributed by atoms with Crippen LogP contribution in [0, 0.1) is 0 Å². The summed E-state index contributed by atoms with van der Waals surface area (Å²) in [6, 6.07) is 22.6. The van der Waals surface area contributed by atoms with Crippen LogP contribution < -0.4 is 5.32 Å². The van der Waals surface area contributed by atoms with E-state index in [1.807, 2.05) is 37.3 Å². The van der Waals surface area contributed by atoms with Crippen LogP contribution in [0.25, 0.3) is 33.5 Å². The largest absolute Gasteiger partial charge is 0.478 e. The van der Waals surface area contributed by atoms with Crippen LogP contribution in [0.3, 0.4) is 0 Å². The summed E-state index contributed by atoms with van der Waals surface area (Å²) in [4.78, 5) is 33.6. The Morgan fingerprint density at radius 2 is 1.70 bits per heavy atom. The van der Waals surface area contributed by atoms with E-state index in [2.05, 4.69) is 15.3 Å². The Morgan fingerprint density at radius 3 is 2.42 bits per heavy atom. The first-order valence-electron chi connectivity index (χ1n) is 12.6. The number of hydrogen-bond donors (Lipinski definition) is 3. The number of H-pyrrole nitrogens is 1. The molecule has 1 aromatic heterocycles. The average molecular weight is 593 g/mol. The van der Waals surface area contributed by atoms with Crippen molar-refractivity contribution in [3.05, 3.63) is 111 Å². The molecule has 0 saturated heterocycles. The number of carboxylic acids is 1. The zero-order chi connectivity index (χ0) is 28.4. The third-order valence-electron chi connectivity index (χ3n) is 6.64. The zero-order valence-corrected chi connectivity index (χ0v) is 23.6. The highest BCUT2D eigenvalue weighted by molar-refractivity contribution is 6.38. The van der Waals surface area contributed by atoms with Crippen molar-refractivity contribution in [1.82, 2.24) is 15.3 Å². The molecule has 40 heavy (non-hydrogen) atoms. The number of benzene rings is 4. The van der Waals surface area contributed by atoms with E-state index in [0.29, 0.717) is 48.6 Å². The molecule has 3 N–H and O–H groups in total. The van der Waals surface area contributed by atoms with Gasteiger partial charge >= 0.3 is 5.97 Å². The molecule has 202 valence electrons. The van der Waals surface area contributed by atoms with Crippen molar-refractivity contribution in [1.29, 1.82) is 0 Å². The van der Waals surface area contributed by atoms with Gasteiger partial charge in [-0.1, -0.05) is 96.7 Å². The predicted octanol–water partition coefficient (Wildman–Crippen LogP) is 8.83. The van der Waals surface area contributed by atoms with Crippen molar-refractivity contribution >= 4 is 57.7 Å². The van der Waals surface area contributed by atoms with Crippen molar-refractivity contribution in [2.24, 2.45) is 0 Å². The van der Waals surface area contributed by atoms with Gasteiger partial charge in [0.1, 0.15) is 11.3 Å². The minimum atomic E-state index is -1.19. The van der Waals surface area contributed by atoms with Crippen LogP contribution in [0.1, 0.15) is 52.1 Å². The summed E-state index contributed by atoms with van der Waals surface area (Å²) in [5, 5.41) is 14.4. The third-order valence-corrected chi connectivity index (χ3v) is 7.46. The number of amides is 1. The number of halogens is 3. The van der Waals surface area contributed by atoms with Gasteiger partial charge in [-0.3, -0.25) is 4.79 Å². The van der Waals surface area contributed by atoms with E-state index in [1.54, 1.807) is 42.5 Å². The molecular weight excluding hydrogens is 569 g/mol. The first-order chi connectivity index (χ1) is 19.3. The number of nitrogens with zero attached hydrogens (tertiary/aromatic N) is 1. The molecule has 0 fully saturated rings. The lowest BCUT2D eigenvalue weighted by Gasteiger charge is -2.19. The number of nitrogens with one attached hydrogen (secondary N) is 2. The number of carbonyl (C=O) groups is 2. The van der Waals surface area contributed by atoms with Crippen LogP contribution >= 0.6 is 34.8 Å². The standard InChI is InChI=1S/C31H24Cl3N3O3/c1-2-7-25(17-8-4-3-5-9-17)36-30(38)18-12-13-20(22(14-18)31(39)40)27-21(10-6-11-23(27)33)29-35-26-16-19(32)15-24(34)28(26)37-29/h3-6,8-16,25H,2,7H2,1H3,(H,35,37)(H,36,38)(H,39,40)/t25-/m1/s1. The van der Waals surface area contributed by atoms with Crippen molar-refractivity contribution < 1.29 is 14.7 Å². The molecule has 4 aromatic carbocycles. The normalized spacial score (nSPS) is 11.9. The molecule has 6 nitrogen and oxygen atoms in total. The second-order valence-corrected chi connectivity index (χ2v) is 10.6. The van der Waals surface area contributed by atoms with Crippen LogP contribution in [0.15, 0.2) is 78.9 Å². The molecule has 1 atom stereocenters. The molecule has 0 spiro atoms. The highest BCUT2D eigenvalue weighted by atomic mass is 35.5. The number of aromatic amines is 1. The number of aromatic carboxylic acids is 1. The van der Waals surface area contributed by atoms with Gasteiger partial charge in [0, 0.05) is 26.7 Å². The Morgan fingerprint density at radius 1 is 0.925 bits per heavy atom. The SMILES string of the molecule is CCC[C@@H](NC(=O)c1ccc(-c2c(Cl)cccc2-c2nc3c(Cl)cc(Cl)cc3[nH]2)c(C(=O)O)c1)c1ccccc1. The van der Waals surface area contributed by atoms with Gasteiger partial charge in [0.05, 0.1) is 22.1 Å². The van der Waals surface area contributed by atoms with Crippen molar-refractivity contribution in [3.63, 3.8) is 0 Å². The summed E-state index contributed by atoms with van der Waals surface area (Å²) in [5.74, 6) is -1.11. The van der Waals surface area contributed by atoms with E-state index in [9.17, 15) is 14.7 Å². The number of fused-ring (bicyclic) bond motifs is 1. The maximum absolute atomic E-state index is 13.3. The number of aromatic nitrogens is 2. The smallest absolute Gasteiger partial charge is 0.336 e. The molecular formula is C31H24Cl3N3O3. The van der Waals surface area contributed by atoms with Crippen LogP contribution in [0.4, 0.5) is 0 Å². The molecule has 0 aliphatic rings. The third kappa shape index (κ3) is 5.56. The Hall–Kier alpha value is -3.84. The lowest BCUT2D eigenvalue weighted by molar-refractivity contribution is 0.0697. The fourth-order valence-electron chi connectivity index (χ4n) is 4.78. The van der Waals surface area contributed by atoms with Crippen LogP contribution in [0.5, 0.6) is 0 Å². The first kappa shape index (κ1) is 27.7. The number of hydrogen-bond acceptors (Lipinski definition) is 3. The van der Waals surface area contributed by atoms with Gasteiger partial charge in [-0.25, -0.2) is 9.78 Å². The van der Waals surface area contributed by atoms with Crippen molar-refractivity contribution in [2.75, 3.05) is 0 Å². The van der Waals surface area contributed by atoms with Crippen molar-refractivity contribution in [2.45, 2.75) is 25.8 Å². The van der Waals surface area contributed by atoms with Gasteiger partial charge in [0.2, 0.25) is 0 Å². The second-order valence-electron chi connectivity index (χ2n) is 9.32. The molecule has 0 unspecified atom stereocenters. The van der Waals surface area contributed by atoms with Gasteiger partial charge in [0.25, 0.3) is 5.91 Å². The Bertz CT molecular complexity index is 1730. The van der Waals surface area contributed by atoms with Crippen LogP contribution in [-0.2, 0) is 0 Å². The molecule has 0 aliphatic carbocycles. The number of rotatable bonds is 8. The molecule has 0 saturated carbocycles. The molecule has 9 heteroatoms. The summed E-state index contributed by atoms with van der Waals surface area (Å²) in [7, 11) is 0. The lowest BCUT2D eigenvalue weighted by atomic mass is 9.93. The highest BCUT2D eigenvalue weighted by Crippen LogP contribution is 2.40. The van der Waals surface area contributed by atoms with Crippen LogP contribution in [0.2, 0.25) is 15.1 Å². The van der Waals surface area contributed by atoms with Gasteiger partial charge in [-0.05, 0) is 47.9 Å². The zero-order valence-electron chi connectivity index (χ0n) is 21.3. The predicted molar refractivity (Wildman–Crippen MR) is 161 cm³/mol. The van der Waals surface area contributed by atoms with E-state index in [4.69, 9.17) is 34.8 Å². The maximum atomic E-state index is 13.3. The summed E-state index contributed by atoms with van der Waals surface area (Å²) in [5.41, 5.74) is 3.69. The monoisotopic (exact) mass is 591 g/mol. The molecule has 1 amide bonds. The number of carbonyl (C=O) groups excluding carboxylic acids is 1. The van der Waals surface area contributed by atoms with E-state index in [0.717, 1.165) is 18.4 Å². The first-order valence-corrected chi connectivity index (χ1v) is 13.8. The Balaban J connectivity index is 1.56. The number of imidazole rings is 1. The second kappa shape index (κ2) is 11.7. The molecule has 0 radical (unpaired) electrons. The fraction of sp³-hybridized carbons (Fsp3) is 0.129. The topological polar surface area (TPSA) is 95.1 Å². The quantitative estimate of drug-likeness (QED) is 0.168. The molecule has 0 aliphatic heterocycles. The lowest BCUT2D eigenvalue weighted by Crippen LogP contribution is -2.28. The summed E-state index contributed by atoms with van der Waals surface area (Å²) < 4.78 is 0. The number of carboxylic acid groups (broad SMARTS) is 1. The fourth-order valence-corrected chi connectivity index (χ4v) is 5.60. The van der Waals surface area contributed by atoms with E-state index >= 15 is 0 Å². The molecule has 1 heterocycles. The van der Waals surface area contributed by atoms with E-state index < -0.39 is 5.97 Å². The Labute approximate surface area is 245 Å². The van der Waals surface area contributed by atoms with E-state index in [1.165, 1.54) is 6.07 Å². The molecule has 5 aromatic rings. The van der Waals surface area contributed by atoms with Gasteiger partial charge < -0.3 is 15.4 Å². The van der Waals surface area contributed by atoms with Crippen LogP contribution in [-0.4, -0.2) is 27.0 Å². The molecule has 0 bridgehead atoms. The average Bonchev–Trinajstić information content (AvgIpc) is 3.37. The summed E-state index contributed by atoms with van der Waals surface area (Å²) in [6.45, 7) is 2.05. The summed E-state index contributed by atoms with van der Waals surface area (Å²) >= 11 is 19.2. The molecule has 5 rings (SSSR count). The maximum Gasteiger partial charge on any atom is 0.336 e. The van der Waals surface area contributed by atoms with Gasteiger partial charge in [-0.2, -0.15) is 0 Å². The Kier molecular flexibility index (Phi) is 8.12. The summed E-state index contributed by atoms with van der Waals surface area (Å²) in [6.07, 6.45) is 1.61. The van der Waals surface area contributed by atoms with E-state index in [-0.39, 0.29) is 23.1 Å². The minimum Gasteiger partial charge on any atom is -0.478 e. The van der Waals surface area contributed by atoms with Crippen molar-refractivity contribution in [3.8, 4) is 22.5 Å². The van der Waals surface area contributed by atoms with Gasteiger partial charge in [-0.15, -0.1) is 0 Å². The van der Waals surface area contributed by atoms with Gasteiger partial charge in [0.15, 0.2) is 0 Å².